The summed E-state index contributed by atoms with van der Waals surface area (Å²) in [4.78, 5) is 0. The predicted molar refractivity (Wildman–Crippen MR) is 45.0 cm³/mol. The third-order valence-electron chi connectivity index (χ3n) is 3.03. The van der Waals surface area contributed by atoms with Crippen LogP contribution in [-0.4, -0.2) is 11.2 Å². The number of hydrogen-bond donors (Lipinski definition) is 1. The Labute approximate surface area is 67.4 Å². The van der Waals surface area contributed by atoms with Crippen LogP contribution in [-0.2, 0) is 0 Å². The highest BCUT2D eigenvalue weighted by Gasteiger charge is 2.38. The van der Waals surface area contributed by atoms with E-state index in [0.29, 0.717) is 17.8 Å². The fourth-order valence-corrected chi connectivity index (χ4v) is 2.35. The Balaban J connectivity index is 2.09. The zero-order valence-electron chi connectivity index (χ0n) is 6.61. The van der Waals surface area contributed by atoms with E-state index in [1.165, 1.54) is 6.42 Å². The lowest BCUT2D eigenvalue weighted by Crippen LogP contribution is -2.14. The lowest BCUT2D eigenvalue weighted by molar-refractivity contribution is 0.152. The number of hydrogen-bond acceptors (Lipinski definition) is 1. The van der Waals surface area contributed by atoms with Gasteiger partial charge in [0.1, 0.15) is 0 Å². The van der Waals surface area contributed by atoms with Crippen LogP contribution in [0.1, 0.15) is 12.8 Å². The first-order valence-corrected chi connectivity index (χ1v) is 4.30. The lowest BCUT2D eigenvalue weighted by Gasteiger charge is -2.11. The first-order chi connectivity index (χ1) is 5.31. The van der Waals surface area contributed by atoms with Gasteiger partial charge in [0.2, 0.25) is 0 Å². The molecule has 0 amide bonds. The number of allylic oxidation sites excluding steroid dienone is 2. The number of rotatable bonds is 1. The molecular weight excluding hydrogens is 136 g/mol. The Hall–Kier alpha value is -0.560. The Morgan fingerprint density at radius 2 is 2.18 bits per heavy atom. The van der Waals surface area contributed by atoms with Crippen LogP contribution in [0, 0.1) is 17.8 Å². The van der Waals surface area contributed by atoms with E-state index in [0.717, 1.165) is 6.42 Å². The van der Waals surface area contributed by atoms with Gasteiger partial charge in [-0.1, -0.05) is 18.2 Å². The van der Waals surface area contributed by atoms with Crippen molar-refractivity contribution in [1.82, 2.24) is 0 Å². The van der Waals surface area contributed by atoms with Gasteiger partial charge in [-0.3, -0.25) is 0 Å². The summed E-state index contributed by atoms with van der Waals surface area (Å²) in [6, 6.07) is 0. The number of fused-ring (bicyclic) bond motifs is 1. The molecule has 1 N–H and O–H groups in total. The molecule has 1 saturated carbocycles. The molecule has 0 heterocycles. The zero-order valence-corrected chi connectivity index (χ0v) is 6.61. The molecule has 1 unspecified atom stereocenters. The Kier molecular flexibility index (Phi) is 1.61. The first-order valence-electron chi connectivity index (χ1n) is 4.30. The molecule has 2 aliphatic carbocycles. The molecule has 1 nitrogen and oxygen atoms in total. The average molecular weight is 150 g/mol. The summed E-state index contributed by atoms with van der Waals surface area (Å²) in [5.41, 5.74) is 0. The SMILES string of the molecule is C=C[C@H]1C[C@H]2C=CC(O)[C@H]2C1. The Morgan fingerprint density at radius 1 is 1.36 bits per heavy atom. The zero-order chi connectivity index (χ0) is 7.84. The molecule has 11 heavy (non-hydrogen) atoms. The molecule has 0 aliphatic heterocycles. The van der Waals surface area contributed by atoms with Gasteiger partial charge in [-0.25, -0.2) is 0 Å². The molecule has 2 aliphatic rings. The Morgan fingerprint density at radius 3 is 2.82 bits per heavy atom. The van der Waals surface area contributed by atoms with Gasteiger partial charge in [0, 0.05) is 0 Å². The monoisotopic (exact) mass is 150 g/mol. The standard InChI is InChI=1S/C10H14O/c1-2-7-5-8-3-4-10(11)9(8)6-7/h2-4,7-11H,1,5-6H2/t7-,8+,9-,10?/m0/s1. The van der Waals surface area contributed by atoms with Crippen molar-refractivity contribution < 1.29 is 5.11 Å². The summed E-state index contributed by atoms with van der Waals surface area (Å²) in [6.45, 7) is 3.79. The summed E-state index contributed by atoms with van der Waals surface area (Å²) in [7, 11) is 0. The minimum absolute atomic E-state index is 0.176. The van der Waals surface area contributed by atoms with Crippen LogP contribution in [0.5, 0.6) is 0 Å². The normalized spacial score (nSPS) is 47.7. The van der Waals surface area contributed by atoms with Crippen LogP contribution in [0.2, 0.25) is 0 Å². The van der Waals surface area contributed by atoms with E-state index < -0.39 is 0 Å². The van der Waals surface area contributed by atoms with Crippen molar-refractivity contribution >= 4 is 0 Å². The van der Waals surface area contributed by atoms with Crippen molar-refractivity contribution in [1.29, 1.82) is 0 Å². The van der Waals surface area contributed by atoms with E-state index in [4.69, 9.17) is 0 Å². The van der Waals surface area contributed by atoms with E-state index in [-0.39, 0.29) is 6.10 Å². The molecule has 0 aromatic rings. The maximum Gasteiger partial charge on any atom is 0.0755 e. The summed E-state index contributed by atoms with van der Waals surface area (Å²) >= 11 is 0. The average Bonchev–Trinajstić information content (AvgIpc) is 2.53. The molecule has 4 atom stereocenters. The quantitative estimate of drug-likeness (QED) is 0.564. The largest absolute Gasteiger partial charge is 0.389 e. The summed E-state index contributed by atoms with van der Waals surface area (Å²) in [5.74, 6) is 1.77. The summed E-state index contributed by atoms with van der Waals surface area (Å²) < 4.78 is 0. The second-order valence-corrected chi connectivity index (χ2v) is 3.67. The maximum atomic E-state index is 9.49. The van der Waals surface area contributed by atoms with Gasteiger partial charge in [-0.15, -0.1) is 6.58 Å². The van der Waals surface area contributed by atoms with Crippen molar-refractivity contribution in [2.45, 2.75) is 18.9 Å². The van der Waals surface area contributed by atoms with Crippen LogP contribution in [0.25, 0.3) is 0 Å². The minimum atomic E-state index is -0.176. The van der Waals surface area contributed by atoms with Crippen molar-refractivity contribution in [3.05, 3.63) is 24.8 Å². The third-order valence-corrected chi connectivity index (χ3v) is 3.03. The molecule has 0 bridgehead atoms. The third kappa shape index (κ3) is 1.04. The van der Waals surface area contributed by atoms with E-state index in [9.17, 15) is 5.11 Å². The smallest absolute Gasteiger partial charge is 0.0755 e. The maximum absolute atomic E-state index is 9.49. The van der Waals surface area contributed by atoms with Gasteiger partial charge < -0.3 is 5.11 Å². The van der Waals surface area contributed by atoms with Gasteiger partial charge in [0.15, 0.2) is 0 Å². The van der Waals surface area contributed by atoms with Crippen LogP contribution in [0.3, 0.4) is 0 Å². The highest BCUT2D eigenvalue weighted by atomic mass is 16.3. The molecule has 1 heteroatoms. The molecular formula is C10H14O. The van der Waals surface area contributed by atoms with Crippen LogP contribution >= 0.6 is 0 Å². The van der Waals surface area contributed by atoms with Crippen molar-refractivity contribution in [3.8, 4) is 0 Å². The van der Waals surface area contributed by atoms with Gasteiger partial charge in [0.25, 0.3) is 0 Å². The lowest BCUT2D eigenvalue weighted by atomic mass is 9.98. The fraction of sp³-hybridized carbons (Fsp3) is 0.600. The molecule has 0 radical (unpaired) electrons. The molecule has 1 fully saturated rings. The first kappa shape index (κ1) is 7.11. The summed E-state index contributed by atoms with van der Waals surface area (Å²) in [6.07, 6.45) is 8.28. The van der Waals surface area contributed by atoms with Crippen LogP contribution in [0.4, 0.5) is 0 Å². The minimum Gasteiger partial charge on any atom is -0.389 e. The van der Waals surface area contributed by atoms with Gasteiger partial charge in [-0.05, 0) is 30.6 Å². The summed E-state index contributed by atoms with van der Waals surface area (Å²) in [5, 5.41) is 9.49. The second kappa shape index (κ2) is 2.49. The Bertz CT molecular complexity index is 195. The van der Waals surface area contributed by atoms with Gasteiger partial charge >= 0.3 is 0 Å². The van der Waals surface area contributed by atoms with Gasteiger partial charge in [0.05, 0.1) is 6.10 Å². The van der Waals surface area contributed by atoms with Crippen molar-refractivity contribution in [2.75, 3.05) is 0 Å². The number of aliphatic hydroxyl groups is 1. The van der Waals surface area contributed by atoms with E-state index in [2.05, 4.69) is 12.7 Å². The molecule has 60 valence electrons. The van der Waals surface area contributed by atoms with Gasteiger partial charge in [-0.2, -0.15) is 0 Å². The molecule has 2 rings (SSSR count). The van der Waals surface area contributed by atoms with Crippen molar-refractivity contribution in [2.24, 2.45) is 17.8 Å². The fourth-order valence-electron chi connectivity index (χ4n) is 2.35. The highest BCUT2D eigenvalue weighted by molar-refractivity contribution is 5.12. The van der Waals surface area contributed by atoms with E-state index in [1.807, 2.05) is 12.2 Å². The molecule has 0 saturated heterocycles. The second-order valence-electron chi connectivity index (χ2n) is 3.67. The van der Waals surface area contributed by atoms with E-state index >= 15 is 0 Å². The molecule has 0 aromatic carbocycles. The van der Waals surface area contributed by atoms with Crippen molar-refractivity contribution in [3.63, 3.8) is 0 Å². The van der Waals surface area contributed by atoms with Crippen LogP contribution < -0.4 is 0 Å². The van der Waals surface area contributed by atoms with E-state index in [1.54, 1.807) is 0 Å². The van der Waals surface area contributed by atoms with Crippen LogP contribution in [0.15, 0.2) is 24.8 Å². The molecule has 0 spiro atoms. The molecule has 0 aromatic heterocycles. The number of aliphatic hydroxyl groups excluding tert-OH is 1. The topological polar surface area (TPSA) is 20.2 Å². The highest BCUT2D eigenvalue weighted by Crippen LogP contribution is 2.43. The predicted octanol–water partition coefficient (Wildman–Crippen LogP) is 1.75.